The van der Waals surface area contributed by atoms with E-state index in [1.807, 2.05) is 60.7 Å². The van der Waals surface area contributed by atoms with Gasteiger partial charge in [0.1, 0.15) is 5.82 Å². The summed E-state index contributed by atoms with van der Waals surface area (Å²) in [5.74, 6) is 0.976. The van der Waals surface area contributed by atoms with Crippen molar-refractivity contribution in [1.82, 2.24) is 30.3 Å². The molecule has 2 N–H and O–H groups in total. The van der Waals surface area contributed by atoms with E-state index in [4.69, 9.17) is 0 Å². The number of H-pyrrole nitrogens is 1. The van der Waals surface area contributed by atoms with Gasteiger partial charge < -0.3 is 5.32 Å². The topological polar surface area (TPSA) is 88.5 Å². The number of aromatic nitrogens is 5. The summed E-state index contributed by atoms with van der Waals surface area (Å²) in [4.78, 5) is 16.7. The Bertz CT molecular complexity index is 1010. The molecule has 7 nitrogen and oxygen atoms in total. The Morgan fingerprint density at radius 1 is 1.04 bits per heavy atom. The van der Waals surface area contributed by atoms with Gasteiger partial charge in [0.05, 0.1) is 24.0 Å². The zero-order valence-electron chi connectivity index (χ0n) is 13.8. The first-order valence-corrected chi connectivity index (χ1v) is 8.14. The van der Waals surface area contributed by atoms with E-state index in [0.29, 0.717) is 17.2 Å². The Morgan fingerprint density at radius 2 is 1.77 bits per heavy atom. The lowest BCUT2D eigenvalue weighted by Crippen LogP contribution is -2.23. The zero-order chi connectivity index (χ0) is 17.8. The summed E-state index contributed by atoms with van der Waals surface area (Å²) >= 11 is 0. The summed E-state index contributed by atoms with van der Waals surface area (Å²) < 4.78 is 1.66. The molecule has 0 radical (unpaired) electrons. The summed E-state index contributed by atoms with van der Waals surface area (Å²) in [6, 6.07) is 19.3. The molecule has 0 bridgehead atoms. The van der Waals surface area contributed by atoms with Gasteiger partial charge in [0, 0.05) is 11.8 Å². The lowest BCUT2D eigenvalue weighted by Gasteiger charge is -2.01. The predicted octanol–water partition coefficient (Wildman–Crippen LogP) is 2.59. The smallest absolute Gasteiger partial charge is 0.254 e. The van der Waals surface area contributed by atoms with Gasteiger partial charge in [-0.3, -0.25) is 9.89 Å². The maximum Gasteiger partial charge on any atom is 0.254 e. The molecule has 2 heterocycles. The van der Waals surface area contributed by atoms with E-state index in [9.17, 15) is 4.79 Å². The summed E-state index contributed by atoms with van der Waals surface area (Å²) in [7, 11) is 0. The molecule has 0 aliphatic carbocycles. The molecular weight excluding hydrogens is 328 g/mol. The fourth-order valence-corrected chi connectivity index (χ4v) is 2.52. The quantitative estimate of drug-likeness (QED) is 0.582. The summed E-state index contributed by atoms with van der Waals surface area (Å²) in [6.45, 7) is 0.259. The Balaban J connectivity index is 1.40. The summed E-state index contributed by atoms with van der Waals surface area (Å²) in [6.07, 6.45) is 3.23. The van der Waals surface area contributed by atoms with Gasteiger partial charge in [-0.1, -0.05) is 48.5 Å². The van der Waals surface area contributed by atoms with E-state index in [2.05, 4.69) is 25.6 Å². The molecule has 0 fully saturated rings. The van der Waals surface area contributed by atoms with Crippen LogP contribution in [0, 0.1) is 0 Å². The molecule has 4 aromatic rings. The highest BCUT2D eigenvalue weighted by Gasteiger charge is 2.11. The zero-order valence-corrected chi connectivity index (χ0v) is 13.8. The SMILES string of the molecule is O=C(NCc1nc(-c2ccccc2)n[nH]1)c1cnn(-c2ccccc2)c1. The van der Waals surface area contributed by atoms with Crippen LogP contribution in [0.5, 0.6) is 0 Å². The van der Waals surface area contributed by atoms with E-state index in [0.717, 1.165) is 11.3 Å². The highest BCUT2D eigenvalue weighted by molar-refractivity contribution is 5.93. The standard InChI is InChI=1S/C19H16N6O/c26-19(15-11-21-25(13-15)16-9-5-2-6-10-16)20-12-17-22-18(24-23-17)14-7-3-1-4-8-14/h1-11,13H,12H2,(H,20,26)(H,22,23,24). The highest BCUT2D eigenvalue weighted by atomic mass is 16.1. The molecule has 7 heteroatoms. The van der Waals surface area contributed by atoms with Gasteiger partial charge in [-0.25, -0.2) is 9.67 Å². The lowest BCUT2D eigenvalue weighted by atomic mass is 10.2. The molecular formula is C19H16N6O. The average Bonchev–Trinajstić information content (AvgIpc) is 3.37. The number of amides is 1. The molecule has 0 saturated heterocycles. The highest BCUT2D eigenvalue weighted by Crippen LogP contribution is 2.13. The first kappa shape index (κ1) is 15.8. The van der Waals surface area contributed by atoms with E-state index < -0.39 is 0 Å². The number of benzene rings is 2. The monoisotopic (exact) mass is 344 g/mol. The van der Waals surface area contributed by atoms with Crippen LogP contribution in [0.15, 0.2) is 73.1 Å². The molecule has 1 amide bonds. The van der Waals surface area contributed by atoms with Gasteiger partial charge in [0.2, 0.25) is 0 Å². The molecule has 2 aromatic carbocycles. The fourth-order valence-electron chi connectivity index (χ4n) is 2.52. The number of nitrogens with one attached hydrogen (secondary N) is 2. The van der Waals surface area contributed by atoms with Gasteiger partial charge >= 0.3 is 0 Å². The fraction of sp³-hybridized carbons (Fsp3) is 0.0526. The van der Waals surface area contributed by atoms with Gasteiger partial charge in [0.25, 0.3) is 5.91 Å². The lowest BCUT2D eigenvalue weighted by molar-refractivity contribution is 0.0950. The van der Waals surface area contributed by atoms with Crippen LogP contribution in [0.25, 0.3) is 17.1 Å². The molecule has 0 spiro atoms. The molecule has 0 aliphatic heterocycles. The van der Waals surface area contributed by atoms with Crippen LogP contribution in [-0.4, -0.2) is 30.9 Å². The third-order valence-corrected chi connectivity index (χ3v) is 3.85. The van der Waals surface area contributed by atoms with E-state index in [1.165, 1.54) is 6.20 Å². The normalized spacial score (nSPS) is 10.6. The number of rotatable bonds is 5. The van der Waals surface area contributed by atoms with E-state index in [1.54, 1.807) is 10.9 Å². The van der Waals surface area contributed by atoms with Crippen molar-refractivity contribution in [3.05, 3.63) is 84.4 Å². The van der Waals surface area contributed by atoms with Crippen molar-refractivity contribution < 1.29 is 4.79 Å². The van der Waals surface area contributed by atoms with Crippen molar-refractivity contribution in [2.75, 3.05) is 0 Å². The molecule has 26 heavy (non-hydrogen) atoms. The average molecular weight is 344 g/mol. The van der Waals surface area contributed by atoms with Crippen LogP contribution < -0.4 is 5.32 Å². The molecule has 0 aliphatic rings. The number of hydrogen-bond acceptors (Lipinski definition) is 4. The molecule has 2 aromatic heterocycles. The summed E-state index contributed by atoms with van der Waals surface area (Å²) in [5, 5.41) is 14.1. The van der Waals surface area contributed by atoms with Gasteiger partial charge in [-0.05, 0) is 12.1 Å². The molecule has 4 rings (SSSR count). The number of para-hydroxylation sites is 1. The summed E-state index contributed by atoms with van der Waals surface area (Å²) in [5.41, 5.74) is 2.30. The van der Waals surface area contributed by atoms with Crippen LogP contribution in [0.1, 0.15) is 16.2 Å². The van der Waals surface area contributed by atoms with Crippen molar-refractivity contribution in [3.8, 4) is 17.1 Å². The van der Waals surface area contributed by atoms with Gasteiger partial charge in [-0.2, -0.15) is 10.2 Å². The minimum atomic E-state index is -0.218. The van der Waals surface area contributed by atoms with Crippen LogP contribution in [0.2, 0.25) is 0 Å². The number of aromatic amines is 1. The first-order chi connectivity index (χ1) is 12.8. The van der Waals surface area contributed by atoms with E-state index >= 15 is 0 Å². The van der Waals surface area contributed by atoms with Gasteiger partial charge in [-0.15, -0.1) is 0 Å². The number of carbonyl (C=O) groups excluding carboxylic acids is 1. The van der Waals surface area contributed by atoms with Crippen LogP contribution >= 0.6 is 0 Å². The first-order valence-electron chi connectivity index (χ1n) is 8.14. The Morgan fingerprint density at radius 3 is 2.54 bits per heavy atom. The number of nitrogens with zero attached hydrogens (tertiary/aromatic N) is 4. The molecule has 0 saturated carbocycles. The van der Waals surface area contributed by atoms with Crippen LogP contribution in [-0.2, 0) is 6.54 Å². The van der Waals surface area contributed by atoms with Crippen molar-refractivity contribution in [2.24, 2.45) is 0 Å². The third kappa shape index (κ3) is 3.36. The largest absolute Gasteiger partial charge is 0.345 e. The molecule has 0 unspecified atom stereocenters. The maximum atomic E-state index is 12.3. The predicted molar refractivity (Wildman–Crippen MR) is 96.6 cm³/mol. The Hall–Kier alpha value is -3.74. The number of carbonyl (C=O) groups is 1. The molecule has 128 valence electrons. The second-order valence-corrected chi connectivity index (χ2v) is 5.66. The van der Waals surface area contributed by atoms with E-state index in [-0.39, 0.29) is 12.5 Å². The second kappa shape index (κ2) is 7.02. The Labute approximate surface area is 149 Å². The maximum absolute atomic E-state index is 12.3. The minimum Gasteiger partial charge on any atom is -0.345 e. The van der Waals surface area contributed by atoms with Crippen molar-refractivity contribution in [2.45, 2.75) is 6.54 Å². The Kier molecular flexibility index (Phi) is 4.26. The second-order valence-electron chi connectivity index (χ2n) is 5.66. The minimum absolute atomic E-state index is 0.218. The van der Waals surface area contributed by atoms with Crippen molar-refractivity contribution >= 4 is 5.91 Å². The van der Waals surface area contributed by atoms with Gasteiger partial charge in [0.15, 0.2) is 5.82 Å². The van der Waals surface area contributed by atoms with Crippen LogP contribution in [0.4, 0.5) is 0 Å². The van der Waals surface area contributed by atoms with Crippen molar-refractivity contribution in [1.29, 1.82) is 0 Å². The van der Waals surface area contributed by atoms with Crippen molar-refractivity contribution in [3.63, 3.8) is 0 Å². The molecule has 0 atom stereocenters. The third-order valence-electron chi connectivity index (χ3n) is 3.85. The van der Waals surface area contributed by atoms with Crippen LogP contribution in [0.3, 0.4) is 0 Å². The number of hydrogen-bond donors (Lipinski definition) is 2.